The average Bonchev–Trinajstić information content (AvgIpc) is 3.42. The molecule has 3 N–H and O–H groups in total. The van der Waals surface area contributed by atoms with Gasteiger partial charge in [0.1, 0.15) is 24.0 Å². The highest BCUT2D eigenvalue weighted by molar-refractivity contribution is 5.98. The monoisotopic (exact) mass is 477 g/mol. The number of fused-ring (bicyclic) bond motifs is 1. The molecular weight excluding hydrogens is 455 g/mol. The Morgan fingerprint density at radius 2 is 2.15 bits per heavy atom. The second-order valence-electron chi connectivity index (χ2n) is 7.62. The van der Waals surface area contributed by atoms with Gasteiger partial charge in [-0.2, -0.15) is 18.3 Å². The van der Waals surface area contributed by atoms with Crippen LogP contribution in [0.3, 0.4) is 0 Å². The number of rotatable bonds is 6. The number of ether oxygens (including phenoxy) is 1. The van der Waals surface area contributed by atoms with Crippen LogP contribution in [0, 0.1) is 0 Å². The molecule has 0 spiro atoms. The molecular formula is C21H22F3N7O3. The van der Waals surface area contributed by atoms with Crippen molar-refractivity contribution in [3.8, 4) is 17.1 Å². The van der Waals surface area contributed by atoms with Crippen LogP contribution in [0.25, 0.3) is 16.8 Å². The number of amides is 1. The van der Waals surface area contributed by atoms with E-state index in [4.69, 9.17) is 15.3 Å². The Morgan fingerprint density at radius 3 is 2.85 bits per heavy atom. The summed E-state index contributed by atoms with van der Waals surface area (Å²) in [6.45, 7) is 2.29. The van der Waals surface area contributed by atoms with Gasteiger partial charge in [0.05, 0.1) is 24.1 Å². The summed E-state index contributed by atoms with van der Waals surface area (Å²) in [7, 11) is 1.35. The summed E-state index contributed by atoms with van der Waals surface area (Å²) < 4.78 is 47.2. The smallest absolute Gasteiger partial charge is 0.418 e. The van der Waals surface area contributed by atoms with Crippen molar-refractivity contribution in [2.45, 2.75) is 38.4 Å². The van der Waals surface area contributed by atoms with Gasteiger partial charge in [-0.3, -0.25) is 4.79 Å². The first-order chi connectivity index (χ1) is 16.2. The van der Waals surface area contributed by atoms with Gasteiger partial charge in [0.15, 0.2) is 5.82 Å². The molecule has 0 saturated heterocycles. The number of nitrogens with zero attached hydrogens (tertiary/aromatic N) is 5. The molecule has 10 nitrogen and oxygen atoms in total. The quantitative estimate of drug-likeness (QED) is 0.522. The van der Waals surface area contributed by atoms with Gasteiger partial charge in [0.25, 0.3) is 5.91 Å². The number of alkyl halides is 3. The summed E-state index contributed by atoms with van der Waals surface area (Å²) in [4.78, 5) is 25.9. The summed E-state index contributed by atoms with van der Waals surface area (Å²) in [6.07, 6.45) is -0.420. The fraction of sp³-hybridized carbons (Fsp3) is 0.381. The van der Waals surface area contributed by atoms with Gasteiger partial charge in [0.2, 0.25) is 5.88 Å². The molecule has 1 aliphatic carbocycles. The highest BCUT2D eigenvalue weighted by Gasteiger charge is 2.36. The van der Waals surface area contributed by atoms with E-state index in [1.165, 1.54) is 19.4 Å². The maximum absolute atomic E-state index is 13.6. The third-order valence-corrected chi connectivity index (χ3v) is 5.39. The van der Waals surface area contributed by atoms with Crippen LogP contribution in [-0.2, 0) is 11.0 Å². The van der Waals surface area contributed by atoms with Gasteiger partial charge in [-0.05, 0) is 31.9 Å². The maximum Gasteiger partial charge on any atom is 0.418 e. The van der Waals surface area contributed by atoms with Crippen LogP contribution in [0.1, 0.15) is 42.1 Å². The number of nitrogens with one attached hydrogen (secondary N) is 1. The van der Waals surface area contributed by atoms with Crippen molar-refractivity contribution in [1.82, 2.24) is 24.9 Å². The van der Waals surface area contributed by atoms with E-state index in [1.54, 1.807) is 0 Å². The summed E-state index contributed by atoms with van der Waals surface area (Å²) in [5.74, 6) is -0.757. The number of nitrogens with two attached hydrogens (primary N) is 1. The van der Waals surface area contributed by atoms with Crippen LogP contribution in [0.4, 0.5) is 19.0 Å². The molecule has 13 heteroatoms. The molecule has 34 heavy (non-hydrogen) atoms. The number of hydrogen-bond acceptors (Lipinski definition) is 8. The Hall–Kier alpha value is -3.90. The van der Waals surface area contributed by atoms with E-state index in [9.17, 15) is 18.0 Å². The molecule has 0 aromatic carbocycles. The molecule has 0 radical (unpaired) electrons. The number of carbonyl (C=O) groups excluding carboxylic acids is 1. The third-order valence-electron chi connectivity index (χ3n) is 5.39. The van der Waals surface area contributed by atoms with Crippen LogP contribution in [0.15, 0.2) is 29.8 Å². The van der Waals surface area contributed by atoms with Crippen molar-refractivity contribution in [2.24, 2.45) is 5.16 Å². The number of anilines is 1. The topological polar surface area (TPSA) is 129 Å². The Balaban J connectivity index is 1.70. The molecule has 3 aromatic rings. The number of hydrogen-bond donors (Lipinski definition) is 2. The van der Waals surface area contributed by atoms with E-state index in [1.807, 2.05) is 6.92 Å². The minimum Gasteiger partial charge on any atom is -0.480 e. The van der Waals surface area contributed by atoms with Crippen molar-refractivity contribution in [1.29, 1.82) is 0 Å². The first kappa shape index (κ1) is 23.3. The zero-order valence-corrected chi connectivity index (χ0v) is 18.4. The highest BCUT2D eigenvalue weighted by atomic mass is 19.4. The number of methoxy groups -OCH3 is 1. The van der Waals surface area contributed by atoms with E-state index in [0.29, 0.717) is 25.9 Å². The standard InChI is InChI=1S/C21H22F3N7O3/c1-3-34-30-13-5-4-12(7-13)29-19(32)14-6-11(9-26-20(14)33-2)16-8-15(21(22,23)24)17-18(25)27-10-28-31(16)17/h6,8-10,12H,3-5,7H2,1-2H3,(H,29,32)(H2,25,27,28)/b30-13+. The van der Waals surface area contributed by atoms with Crippen molar-refractivity contribution in [2.75, 3.05) is 19.5 Å². The Morgan fingerprint density at radius 1 is 1.35 bits per heavy atom. The third kappa shape index (κ3) is 4.45. The van der Waals surface area contributed by atoms with E-state index >= 15 is 0 Å². The minimum absolute atomic E-state index is 0.0356. The van der Waals surface area contributed by atoms with Gasteiger partial charge in [-0.1, -0.05) is 5.16 Å². The van der Waals surface area contributed by atoms with Crippen LogP contribution in [0.5, 0.6) is 5.88 Å². The van der Waals surface area contributed by atoms with E-state index in [2.05, 4.69) is 25.5 Å². The number of nitrogen functional groups attached to an aromatic ring is 1. The van der Waals surface area contributed by atoms with Crippen LogP contribution in [-0.4, -0.2) is 51.0 Å². The van der Waals surface area contributed by atoms with Crippen molar-refractivity contribution >= 4 is 23.0 Å². The predicted molar refractivity (Wildman–Crippen MR) is 116 cm³/mol. The van der Waals surface area contributed by atoms with Gasteiger partial charge in [-0.25, -0.2) is 14.5 Å². The largest absolute Gasteiger partial charge is 0.480 e. The lowest BCUT2D eigenvalue weighted by atomic mass is 10.1. The molecule has 1 amide bonds. The highest BCUT2D eigenvalue weighted by Crippen LogP contribution is 2.39. The fourth-order valence-corrected chi connectivity index (χ4v) is 3.86. The normalized spacial score (nSPS) is 17.3. The average molecular weight is 477 g/mol. The zero-order valence-electron chi connectivity index (χ0n) is 18.4. The number of pyridine rings is 1. The summed E-state index contributed by atoms with van der Waals surface area (Å²) in [5, 5.41) is 10.9. The summed E-state index contributed by atoms with van der Waals surface area (Å²) in [6, 6.07) is 2.14. The maximum atomic E-state index is 13.6. The summed E-state index contributed by atoms with van der Waals surface area (Å²) in [5.41, 5.74) is 5.53. The fourth-order valence-electron chi connectivity index (χ4n) is 3.86. The Labute approximate surface area is 192 Å². The number of oxime groups is 1. The van der Waals surface area contributed by atoms with Crippen LogP contribution < -0.4 is 15.8 Å². The van der Waals surface area contributed by atoms with Gasteiger partial charge in [-0.15, -0.1) is 0 Å². The van der Waals surface area contributed by atoms with Crippen molar-refractivity contribution in [3.05, 3.63) is 35.8 Å². The number of carbonyl (C=O) groups is 1. The first-order valence-corrected chi connectivity index (χ1v) is 10.4. The SMILES string of the molecule is CCO/N=C1\CCC(NC(=O)c2cc(-c3cc(C(F)(F)F)c4c(N)ncnn34)cnc2OC)C1. The molecule has 4 rings (SSSR count). The molecule has 3 heterocycles. The van der Waals surface area contributed by atoms with Gasteiger partial charge < -0.3 is 20.6 Å². The molecule has 0 aliphatic heterocycles. The zero-order chi connectivity index (χ0) is 24.5. The molecule has 1 fully saturated rings. The first-order valence-electron chi connectivity index (χ1n) is 10.4. The number of halogens is 3. The van der Waals surface area contributed by atoms with Crippen LogP contribution in [0.2, 0.25) is 0 Å². The Kier molecular flexibility index (Phi) is 6.26. The van der Waals surface area contributed by atoms with Crippen LogP contribution >= 0.6 is 0 Å². The van der Waals surface area contributed by atoms with Gasteiger partial charge >= 0.3 is 6.18 Å². The van der Waals surface area contributed by atoms with Gasteiger partial charge in [0, 0.05) is 24.2 Å². The predicted octanol–water partition coefficient (Wildman–Crippen LogP) is 3.08. The van der Waals surface area contributed by atoms with E-state index in [0.717, 1.165) is 22.6 Å². The van der Waals surface area contributed by atoms with E-state index < -0.39 is 17.6 Å². The van der Waals surface area contributed by atoms with E-state index in [-0.39, 0.29) is 40.1 Å². The number of aromatic nitrogens is 4. The molecule has 3 aromatic heterocycles. The summed E-state index contributed by atoms with van der Waals surface area (Å²) >= 11 is 0. The second-order valence-corrected chi connectivity index (χ2v) is 7.62. The second kappa shape index (κ2) is 9.15. The Bertz CT molecular complexity index is 1260. The lowest BCUT2D eigenvalue weighted by Gasteiger charge is -2.14. The minimum atomic E-state index is -4.69. The molecule has 0 bridgehead atoms. The van der Waals surface area contributed by atoms with Crippen molar-refractivity contribution in [3.63, 3.8) is 0 Å². The van der Waals surface area contributed by atoms with Crippen molar-refractivity contribution < 1.29 is 27.5 Å². The lowest BCUT2D eigenvalue weighted by Crippen LogP contribution is -2.33. The molecule has 1 saturated carbocycles. The molecule has 1 unspecified atom stereocenters. The lowest BCUT2D eigenvalue weighted by molar-refractivity contribution is -0.136. The molecule has 1 aliphatic rings. The molecule has 180 valence electrons. The molecule has 1 atom stereocenters.